The van der Waals surface area contributed by atoms with Crippen molar-refractivity contribution in [3.8, 4) is 11.5 Å². The Balaban J connectivity index is 1.27. The Labute approximate surface area is 218 Å². The normalized spacial score (nSPS) is 24.6. The van der Waals surface area contributed by atoms with E-state index in [2.05, 4.69) is 11.7 Å². The molecule has 204 valence electrons. The van der Waals surface area contributed by atoms with Gasteiger partial charge in [0.25, 0.3) is 0 Å². The summed E-state index contributed by atoms with van der Waals surface area (Å²) in [4.78, 5) is 0. The molecule has 0 aliphatic heterocycles. The number of aryl methyl sites for hydroxylation is 2. The molecule has 0 atom stereocenters. The first kappa shape index (κ1) is 27.8. The zero-order chi connectivity index (χ0) is 26.6. The van der Waals surface area contributed by atoms with Crippen LogP contribution in [0, 0.1) is 43.2 Å². The fourth-order valence-corrected chi connectivity index (χ4v) is 6.49. The first-order valence-electron chi connectivity index (χ1n) is 13.9. The van der Waals surface area contributed by atoms with Crippen LogP contribution in [0.25, 0.3) is 0 Å². The number of hydrogen-bond donors (Lipinski definition) is 0. The van der Waals surface area contributed by atoms with E-state index in [4.69, 9.17) is 4.74 Å². The van der Waals surface area contributed by atoms with E-state index in [-0.39, 0.29) is 5.56 Å². The molecule has 2 aromatic rings. The van der Waals surface area contributed by atoms with E-state index >= 15 is 0 Å². The van der Waals surface area contributed by atoms with Gasteiger partial charge in [-0.05, 0) is 105 Å². The van der Waals surface area contributed by atoms with Crippen LogP contribution in [0.15, 0.2) is 30.3 Å². The molecule has 2 aliphatic carbocycles. The van der Waals surface area contributed by atoms with Crippen LogP contribution in [-0.2, 0) is 0 Å². The van der Waals surface area contributed by atoms with Crippen LogP contribution in [-0.4, -0.2) is 12.7 Å². The van der Waals surface area contributed by atoms with Gasteiger partial charge in [0.1, 0.15) is 11.5 Å². The molecule has 6 heteroatoms. The Morgan fingerprint density at radius 3 is 2.08 bits per heavy atom. The molecule has 4 rings (SSSR count). The summed E-state index contributed by atoms with van der Waals surface area (Å²) in [6.07, 6.45) is 9.51. The zero-order valence-corrected chi connectivity index (χ0v) is 22.3. The standard InChI is InChI=1S/C31H40F4O2/c1-4-5-22-6-8-23(9-7-22)24-10-12-25(13-11-24)26-14-15-29(20(2)16-26)36-19-31(34,35)37-27-17-21(3)30(33)28(32)18-27/h14-18,22-25H,4-13,19H2,1-3H3. The summed E-state index contributed by atoms with van der Waals surface area (Å²) in [7, 11) is 0. The average molecular weight is 521 g/mol. The van der Waals surface area contributed by atoms with E-state index in [1.807, 2.05) is 19.1 Å². The topological polar surface area (TPSA) is 18.5 Å². The van der Waals surface area contributed by atoms with Crippen molar-refractivity contribution >= 4 is 0 Å². The van der Waals surface area contributed by atoms with Crippen molar-refractivity contribution < 1.29 is 27.0 Å². The fraction of sp³-hybridized carbons (Fsp3) is 0.613. The molecular formula is C31H40F4O2. The van der Waals surface area contributed by atoms with Crippen molar-refractivity contribution in [1.29, 1.82) is 0 Å². The minimum absolute atomic E-state index is 0.105. The molecule has 2 fully saturated rings. The number of hydrogen-bond acceptors (Lipinski definition) is 2. The third-order valence-corrected chi connectivity index (χ3v) is 8.54. The van der Waals surface area contributed by atoms with E-state index in [1.54, 1.807) is 6.07 Å². The van der Waals surface area contributed by atoms with Crippen LogP contribution in [0.4, 0.5) is 17.6 Å². The van der Waals surface area contributed by atoms with Crippen LogP contribution >= 0.6 is 0 Å². The first-order valence-corrected chi connectivity index (χ1v) is 13.9. The predicted molar refractivity (Wildman–Crippen MR) is 138 cm³/mol. The highest BCUT2D eigenvalue weighted by molar-refractivity contribution is 5.38. The summed E-state index contributed by atoms with van der Waals surface area (Å²) in [5.74, 6) is 0.809. The van der Waals surface area contributed by atoms with E-state index < -0.39 is 30.1 Å². The minimum atomic E-state index is -3.70. The summed E-state index contributed by atoms with van der Waals surface area (Å²) in [5, 5.41) is 0. The molecule has 0 N–H and O–H groups in total. The Kier molecular flexibility index (Phi) is 9.07. The third-order valence-electron chi connectivity index (χ3n) is 8.54. The Morgan fingerprint density at radius 2 is 1.49 bits per heavy atom. The Hall–Kier alpha value is -2.24. The summed E-state index contributed by atoms with van der Waals surface area (Å²) in [5.41, 5.74) is 1.94. The van der Waals surface area contributed by atoms with Crippen LogP contribution in [0.2, 0.25) is 0 Å². The van der Waals surface area contributed by atoms with Gasteiger partial charge in [0, 0.05) is 6.07 Å². The number of alkyl halides is 2. The van der Waals surface area contributed by atoms with E-state index in [9.17, 15) is 17.6 Å². The Bertz CT molecular complexity index is 1010. The van der Waals surface area contributed by atoms with Gasteiger partial charge in [-0.2, -0.15) is 8.78 Å². The lowest BCUT2D eigenvalue weighted by atomic mass is 9.68. The molecule has 37 heavy (non-hydrogen) atoms. The second-order valence-electron chi connectivity index (χ2n) is 11.3. The van der Waals surface area contributed by atoms with Crippen LogP contribution in [0.3, 0.4) is 0 Å². The molecule has 2 saturated carbocycles. The quantitative estimate of drug-likeness (QED) is 0.307. The number of halogens is 4. The molecule has 0 amide bonds. The fourth-order valence-electron chi connectivity index (χ4n) is 6.49. The van der Waals surface area contributed by atoms with E-state index in [0.29, 0.717) is 17.7 Å². The highest BCUT2D eigenvalue weighted by atomic mass is 19.3. The van der Waals surface area contributed by atoms with Gasteiger partial charge in [-0.25, -0.2) is 8.78 Å². The van der Waals surface area contributed by atoms with Gasteiger partial charge in [-0.15, -0.1) is 0 Å². The van der Waals surface area contributed by atoms with Crippen LogP contribution in [0.1, 0.15) is 93.7 Å². The molecule has 0 saturated heterocycles. The van der Waals surface area contributed by atoms with Gasteiger partial charge in [0.2, 0.25) is 0 Å². The molecule has 2 aliphatic rings. The van der Waals surface area contributed by atoms with Gasteiger partial charge in [0.05, 0.1) is 0 Å². The minimum Gasteiger partial charge on any atom is -0.483 e. The maximum atomic E-state index is 14.3. The lowest BCUT2D eigenvalue weighted by Crippen LogP contribution is -2.32. The first-order chi connectivity index (χ1) is 17.6. The van der Waals surface area contributed by atoms with E-state index in [0.717, 1.165) is 29.4 Å². The van der Waals surface area contributed by atoms with Gasteiger partial charge >= 0.3 is 6.11 Å². The molecule has 2 nitrogen and oxygen atoms in total. The maximum absolute atomic E-state index is 14.3. The molecule has 0 unspecified atom stereocenters. The monoisotopic (exact) mass is 520 g/mol. The van der Waals surface area contributed by atoms with Crippen molar-refractivity contribution in [1.82, 2.24) is 0 Å². The molecule has 2 aromatic carbocycles. The van der Waals surface area contributed by atoms with Crippen molar-refractivity contribution in [3.05, 3.63) is 58.7 Å². The third kappa shape index (κ3) is 7.20. The second kappa shape index (κ2) is 12.1. The van der Waals surface area contributed by atoms with Crippen LogP contribution in [0.5, 0.6) is 11.5 Å². The van der Waals surface area contributed by atoms with Crippen molar-refractivity contribution in [2.45, 2.75) is 97.0 Å². The van der Waals surface area contributed by atoms with E-state index in [1.165, 1.54) is 76.7 Å². The van der Waals surface area contributed by atoms with Crippen molar-refractivity contribution in [3.63, 3.8) is 0 Å². The number of rotatable bonds is 9. The van der Waals surface area contributed by atoms with Crippen molar-refractivity contribution in [2.75, 3.05) is 6.61 Å². The summed E-state index contributed by atoms with van der Waals surface area (Å²) < 4.78 is 65.6. The number of benzene rings is 2. The Morgan fingerprint density at radius 1 is 0.838 bits per heavy atom. The van der Waals surface area contributed by atoms with Crippen LogP contribution < -0.4 is 9.47 Å². The smallest absolute Gasteiger partial charge is 0.432 e. The average Bonchev–Trinajstić information content (AvgIpc) is 2.87. The SMILES string of the molecule is CCCC1CCC(C2CCC(c3ccc(OCC(F)(F)Oc4cc(C)c(F)c(F)c4)c(C)c3)CC2)CC1. The second-order valence-corrected chi connectivity index (χ2v) is 11.3. The van der Waals surface area contributed by atoms with Crippen molar-refractivity contribution in [2.24, 2.45) is 17.8 Å². The van der Waals surface area contributed by atoms with Gasteiger partial charge < -0.3 is 9.47 Å². The number of ether oxygens (including phenoxy) is 2. The maximum Gasteiger partial charge on any atom is 0.432 e. The molecule has 0 spiro atoms. The lowest BCUT2D eigenvalue weighted by molar-refractivity contribution is -0.195. The highest BCUT2D eigenvalue weighted by Crippen LogP contribution is 2.45. The predicted octanol–water partition coefficient (Wildman–Crippen LogP) is 9.51. The summed E-state index contributed by atoms with van der Waals surface area (Å²) >= 11 is 0. The van der Waals surface area contributed by atoms with Gasteiger partial charge in [-0.1, -0.05) is 44.7 Å². The molecular weight excluding hydrogens is 480 g/mol. The molecule has 0 bridgehead atoms. The zero-order valence-electron chi connectivity index (χ0n) is 22.3. The lowest BCUT2D eigenvalue weighted by Gasteiger charge is -2.38. The molecule has 0 heterocycles. The summed E-state index contributed by atoms with van der Waals surface area (Å²) in [6, 6.07) is 7.44. The largest absolute Gasteiger partial charge is 0.483 e. The van der Waals surface area contributed by atoms with Gasteiger partial charge in [-0.3, -0.25) is 0 Å². The van der Waals surface area contributed by atoms with Gasteiger partial charge in [0.15, 0.2) is 18.2 Å². The molecule has 0 radical (unpaired) electrons. The molecule has 0 aromatic heterocycles. The highest BCUT2D eigenvalue weighted by Gasteiger charge is 2.34. The summed E-state index contributed by atoms with van der Waals surface area (Å²) in [6.45, 7) is 4.40.